The third-order valence-corrected chi connectivity index (χ3v) is 2.14. The molecule has 0 aliphatic rings. The van der Waals surface area contributed by atoms with Gasteiger partial charge in [-0.3, -0.25) is 0 Å². The Hall–Kier alpha value is -2.38. The van der Waals surface area contributed by atoms with Crippen molar-refractivity contribution in [3.8, 4) is 5.82 Å². The number of pyridine rings is 1. The molecule has 2 heterocycles. The molecule has 2 aromatic heterocycles. The van der Waals surface area contributed by atoms with Crippen molar-refractivity contribution in [2.45, 2.75) is 6.18 Å². The van der Waals surface area contributed by atoms with E-state index in [9.17, 15) is 18.0 Å². The van der Waals surface area contributed by atoms with Crippen molar-refractivity contribution >= 4 is 5.97 Å². The Kier molecular flexibility index (Phi) is 2.77. The number of carboxylic acid groups (broad SMARTS) is 1. The van der Waals surface area contributed by atoms with E-state index in [2.05, 4.69) is 10.1 Å². The summed E-state index contributed by atoms with van der Waals surface area (Å²) in [6.07, 6.45) is -1.54. The first-order valence-corrected chi connectivity index (χ1v) is 4.69. The van der Waals surface area contributed by atoms with Crippen LogP contribution in [0.15, 0.2) is 30.7 Å². The summed E-state index contributed by atoms with van der Waals surface area (Å²) in [6.45, 7) is 0. The van der Waals surface area contributed by atoms with E-state index in [0.29, 0.717) is 6.20 Å². The zero-order chi connectivity index (χ0) is 13.3. The van der Waals surface area contributed by atoms with Gasteiger partial charge in [-0.05, 0) is 12.1 Å². The lowest BCUT2D eigenvalue weighted by Crippen LogP contribution is -2.07. The highest BCUT2D eigenvalue weighted by Gasteiger charge is 2.30. The van der Waals surface area contributed by atoms with Gasteiger partial charge in [0.2, 0.25) is 0 Å². The molecule has 5 nitrogen and oxygen atoms in total. The smallest absolute Gasteiger partial charge is 0.417 e. The molecule has 0 unspecified atom stereocenters. The molecule has 18 heavy (non-hydrogen) atoms. The predicted octanol–water partition coefficient (Wildman–Crippen LogP) is 1.98. The van der Waals surface area contributed by atoms with Crippen LogP contribution in [-0.2, 0) is 6.18 Å². The fraction of sp³-hybridized carbons (Fsp3) is 0.100. The number of hydrogen-bond donors (Lipinski definition) is 1. The zero-order valence-electron chi connectivity index (χ0n) is 8.72. The summed E-state index contributed by atoms with van der Waals surface area (Å²) in [5.41, 5.74) is -0.950. The maximum Gasteiger partial charge on any atom is 0.417 e. The predicted molar refractivity (Wildman–Crippen MR) is 53.3 cm³/mol. The summed E-state index contributed by atoms with van der Waals surface area (Å²) in [5.74, 6) is -1.07. The van der Waals surface area contributed by atoms with E-state index in [0.717, 1.165) is 29.2 Å². The van der Waals surface area contributed by atoms with Crippen molar-refractivity contribution < 1.29 is 23.1 Å². The van der Waals surface area contributed by atoms with Crippen molar-refractivity contribution in [2.75, 3.05) is 0 Å². The van der Waals surface area contributed by atoms with Gasteiger partial charge in [-0.1, -0.05) is 0 Å². The van der Waals surface area contributed by atoms with Crippen LogP contribution in [0.5, 0.6) is 0 Å². The molecular formula is C10H6F3N3O2. The van der Waals surface area contributed by atoms with Crippen LogP contribution in [-0.4, -0.2) is 25.8 Å². The largest absolute Gasteiger partial charge is 0.478 e. The van der Waals surface area contributed by atoms with Crippen LogP contribution < -0.4 is 0 Å². The molecule has 0 saturated carbocycles. The summed E-state index contributed by atoms with van der Waals surface area (Å²) < 4.78 is 38.0. The van der Waals surface area contributed by atoms with Crippen LogP contribution in [0.25, 0.3) is 5.82 Å². The summed E-state index contributed by atoms with van der Waals surface area (Å²) in [6, 6.07) is 1.96. The molecule has 0 saturated heterocycles. The SMILES string of the molecule is O=C(O)c1cnn(-c2ccc(C(F)(F)F)cn2)c1. The molecule has 94 valence electrons. The Balaban J connectivity index is 2.31. The number of aromatic nitrogens is 3. The van der Waals surface area contributed by atoms with E-state index in [1.807, 2.05) is 0 Å². The minimum Gasteiger partial charge on any atom is -0.478 e. The van der Waals surface area contributed by atoms with Gasteiger partial charge in [-0.2, -0.15) is 18.3 Å². The summed E-state index contributed by atoms with van der Waals surface area (Å²) in [7, 11) is 0. The van der Waals surface area contributed by atoms with Gasteiger partial charge in [-0.15, -0.1) is 0 Å². The van der Waals surface area contributed by atoms with Crippen LogP contribution >= 0.6 is 0 Å². The number of rotatable bonds is 2. The van der Waals surface area contributed by atoms with Crippen LogP contribution in [0.2, 0.25) is 0 Å². The summed E-state index contributed by atoms with van der Waals surface area (Å²) in [5, 5.41) is 12.4. The molecule has 2 aromatic rings. The number of nitrogens with zero attached hydrogens (tertiary/aromatic N) is 3. The average molecular weight is 257 g/mol. The second-order valence-corrected chi connectivity index (χ2v) is 3.38. The molecule has 0 radical (unpaired) electrons. The molecule has 0 atom stereocenters. The lowest BCUT2D eigenvalue weighted by Gasteiger charge is -2.06. The Bertz CT molecular complexity index is 575. The van der Waals surface area contributed by atoms with E-state index in [4.69, 9.17) is 5.11 Å². The lowest BCUT2D eigenvalue weighted by atomic mass is 10.3. The van der Waals surface area contributed by atoms with Crippen LogP contribution in [0.1, 0.15) is 15.9 Å². The van der Waals surface area contributed by atoms with E-state index >= 15 is 0 Å². The minimum atomic E-state index is -4.46. The molecule has 0 aromatic carbocycles. The fourth-order valence-corrected chi connectivity index (χ4v) is 1.25. The molecule has 8 heteroatoms. The van der Waals surface area contributed by atoms with Gasteiger partial charge in [0.1, 0.15) is 0 Å². The van der Waals surface area contributed by atoms with E-state index in [1.165, 1.54) is 0 Å². The number of halogens is 3. The van der Waals surface area contributed by atoms with Gasteiger partial charge in [0.15, 0.2) is 5.82 Å². The van der Waals surface area contributed by atoms with Gasteiger partial charge in [0, 0.05) is 12.4 Å². The number of alkyl halides is 3. The van der Waals surface area contributed by atoms with Gasteiger partial charge >= 0.3 is 12.1 Å². The normalized spacial score (nSPS) is 11.5. The average Bonchev–Trinajstić information content (AvgIpc) is 2.77. The molecule has 1 N–H and O–H groups in total. The number of aromatic carboxylic acids is 1. The highest BCUT2D eigenvalue weighted by atomic mass is 19.4. The Morgan fingerprint density at radius 3 is 2.44 bits per heavy atom. The maximum absolute atomic E-state index is 12.3. The Labute approximate surface area is 98.5 Å². The van der Waals surface area contributed by atoms with E-state index < -0.39 is 17.7 Å². The second-order valence-electron chi connectivity index (χ2n) is 3.38. The standard InChI is InChI=1S/C10H6F3N3O2/c11-10(12,13)7-1-2-8(14-4-7)16-5-6(3-15-16)9(17)18/h1-5H,(H,17,18). The minimum absolute atomic E-state index is 0.0725. The zero-order valence-corrected chi connectivity index (χ0v) is 8.72. The molecule has 0 spiro atoms. The van der Waals surface area contributed by atoms with Crippen LogP contribution in [0.4, 0.5) is 13.2 Å². The maximum atomic E-state index is 12.3. The monoisotopic (exact) mass is 257 g/mol. The number of carboxylic acids is 1. The summed E-state index contributed by atoms with van der Waals surface area (Å²) in [4.78, 5) is 14.2. The third kappa shape index (κ3) is 2.31. The number of hydrogen-bond acceptors (Lipinski definition) is 3. The van der Waals surface area contributed by atoms with Gasteiger partial charge < -0.3 is 5.11 Å². The van der Waals surface area contributed by atoms with E-state index in [1.54, 1.807) is 0 Å². The van der Waals surface area contributed by atoms with Crippen molar-refractivity contribution in [3.05, 3.63) is 41.9 Å². The molecule has 0 fully saturated rings. The van der Waals surface area contributed by atoms with Gasteiger partial charge in [0.25, 0.3) is 0 Å². The highest BCUT2D eigenvalue weighted by molar-refractivity contribution is 5.86. The van der Waals surface area contributed by atoms with Crippen LogP contribution in [0.3, 0.4) is 0 Å². The topological polar surface area (TPSA) is 68.0 Å². The molecule has 0 amide bonds. The summed E-state index contributed by atoms with van der Waals surface area (Å²) >= 11 is 0. The first-order chi connectivity index (χ1) is 8.38. The third-order valence-electron chi connectivity index (χ3n) is 2.14. The number of carbonyl (C=O) groups is 1. The Morgan fingerprint density at radius 1 is 1.28 bits per heavy atom. The van der Waals surface area contributed by atoms with Crippen molar-refractivity contribution in [1.29, 1.82) is 0 Å². The van der Waals surface area contributed by atoms with Gasteiger partial charge in [0.05, 0.1) is 17.3 Å². The lowest BCUT2D eigenvalue weighted by molar-refractivity contribution is -0.137. The van der Waals surface area contributed by atoms with Gasteiger partial charge in [-0.25, -0.2) is 14.5 Å². The second kappa shape index (κ2) is 4.13. The van der Waals surface area contributed by atoms with E-state index in [-0.39, 0.29) is 11.4 Å². The quantitative estimate of drug-likeness (QED) is 0.893. The van der Waals surface area contributed by atoms with Crippen molar-refractivity contribution in [2.24, 2.45) is 0 Å². The molecule has 2 rings (SSSR count). The fourth-order valence-electron chi connectivity index (χ4n) is 1.25. The first kappa shape index (κ1) is 12.1. The van der Waals surface area contributed by atoms with Crippen molar-refractivity contribution in [3.63, 3.8) is 0 Å². The highest BCUT2D eigenvalue weighted by Crippen LogP contribution is 2.28. The Morgan fingerprint density at radius 2 is 2.00 bits per heavy atom. The first-order valence-electron chi connectivity index (χ1n) is 4.69. The van der Waals surface area contributed by atoms with Crippen molar-refractivity contribution in [1.82, 2.24) is 14.8 Å². The molecule has 0 bridgehead atoms. The molecule has 0 aliphatic heterocycles. The molecule has 0 aliphatic carbocycles. The van der Waals surface area contributed by atoms with Crippen LogP contribution in [0, 0.1) is 0 Å². The molecular weight excluding hydrogens is 251 g/mol.